The summed E-state index contributed by atoms with van der Waals surface area (Å²) >= 11 is 13.8. The quantitative estimate of drug-likeness (QED) is 0.241. The summed E-state index contributed by atoms with van der Waals surface area (Å²) in [7, 11) is -4.29. The van der Waals surface area contributed by atoms with Gasteiger partial charge in [-0.25, -0.2) is 17.6 Å². The van der Waals surface area contributed by atoms with Gasteiger partial charge < -0.3 is 4.74 Å². The highest BCUT2D eigenvalue weighted by molar-refractivity contribution is 7.99. The van der Waals surface area contributed by atoms with Crippen molar-refractivity contribution in [1.82, 2.24) is 0 Å². The lowest BCUT2D eigenvalue weighted by atomic mass is 10.2. The average molecular weight is 603 g/mol. The fourth-order valence-electron chi connectivity index (χ4n) is 3.86. The molecule has 4 aromatic rings. The molecule has 0 bridgehead atoms. The molecular formula is C27H17Cl2FN2O5S2. The van der Waals surface area contributed by atoms with E-state index in [1.807, 2.05) is 24.3 Å². The fraction of sp³-hybridized carbons (Fsp3) is 0.0370. The maximum absolute atomic E-state index is 13.3. The van der Waals surface area contributed by atoms with Gasteiger partial charge >= 0.3 is 5.97 Å². The molecule has 0 spiro atoms. The number of para-hydroxylation sites is 2. The third-order valence-electron chi connectivity index (χ3n) is 5.64. The number of carbonyl (C=O) groups is 2. The number of fused-ring (bicyclic) bond motifs is 2. The molecule has 1 N–H and O–H groups in total. The first-order valence-electron chi connectivity index (χ1n) is 11.3. The van der Waals surface area contributed by atoms with Crippen LogP contribution in [-0.2, 0) is 19.6 Å². The van der Waals surface area contributed by atoms with E-state index in [1.165, 1.54) is 28.8 Å². The smallest absolute Gasteiger partial charge is 0.340 e. The molecule has 4 aromatic carbocycles. The molecule has 1 heterocycles. The normalized spacial score (nSPS) is 12.3. The molecule has 1 amide bonds. The number of benzene rings is 4. The lowest BCUT2D eigenvalue weighted by molar-refractivity contribution is -0.121. The summed E-state index contributed by atoms with van der Waals surface area (Å²) in [4.78, 5) is 29.0. The first kappa shape index (κ1) is 27.0. The number of esters is 1. The minimum Gasteiger partial charge on any atom is -0.452 e. The number of nitrogens with one attached hydrogen (secondary N) is 1. The Morgan fingerprint density at radius 1 is 0.872 bits per heavy atom. The van der Waals surface area contributed by atoms with Crippen LogP contribution in [0.2, 0.25) is 10.0 Å². The van der Waals surface area contributed by atoms with Gasteiger partial charge in [0.1, 0.15) is 10.7 Å². The second-order valence-corrected chi connectivity index (χ2v) is 11.8. The number of anilines is 3. The van der Waals surface area contributed by atoms with Crippen LogP contribution in [0.15, 0.2) is 99.6 Å². The molecule has 198 valence electrons. The van der Waals surface area contributed by atoms with Crippen molar-refractivity contribution >= 4 is 73.9 Å². The maximum atomic E-state index is 13.3. The number of carbonyl (C=O) groups excluding carboxylic acids is 2. The highest BCUT2D eigenvalue weighted by Crippen LogP contribution is 2.47. The van der Waals surface area contributed by atoms with Crippen molar-refractivity contribution in [1.29, 1.82) is 0 Å². The zero-order chi connectivity index (χ0) is 27.7. The molecule has 0 radical (unpaired) electrons. The van der Waals surface area contributed by atoms with Crippen LogP contribution in [0.1, 0.15) is 10.4 Å². The largest absolute Gasteiger partial charge is 0.452 e. The van der Waals surface area contributed by atoms with E-state index in [-0.39, 0.29) is 21.3 Å². The van der Waals surface area contributed by atoms with Gasteiger partial charge in [0.2, 0.25) is 0 Å². The van der Waals surface area contributed by atoms with E-state index in [0.717, 1.165) is 34.1 Å². The Kier molecular flexibility index (Phi) is 7.55. The molecule has 0 atom stereocenters. The van der Waals surface area contributed by atoms with E-state index in [2.05, 4.69) is 4.72 Å². The van der Waals surface area contributed by atoms with Gasteiger partial charge in [-0.05, 0) is 60.7 Å². The summed E-state index contributed by atoms with van der Waals surface area (Å²) in [5.74, 6) is -2.08. The lowest BCUT2D eigenvalue weighted by Crippen LogP contribution is -2.32. The van der Waals surface area contributed by atoms with Gasteiger partial charge in [-0.1, -0.05) is 59.2 Å². The SMILES string of the molecule is O=C(OCC(=O)N1c2ccccc2Sc2ccccc21)c1cc(S(=O)(=O)Nc2ccc(F)cc2)c(Cl)cc1Cl. The van der Waals surface area contributed by atoms with Crippen LogP contribution in [0.4, 0.5) is 21.5 Å². The number of halogens is 3. The van der Waals surface area contributed by atoms with Crippen molar-refractivity contribution in [3.8, 4) is 0 Å². The van der Waals surface area contributed by atoms with Crippen LogP contribution in [-0.4, -0.2) is 26.9 Å². The molecule has 0 fully saturated rings. The Balaban J connectivity index is 1.37. The van der Waals surface area contributed by atoms with Gasteiger partial charge in [0.15, 0.2) is 6.61 Å². The molecule has 0 saturated carbocycles. The number of hydrogen-bond acceptors (Lipinski definition) is 6. The maximum Gasteiger partial charge on any atom is 0.340 e. The Hall–Kier alpha value is -3.57. The minimum atomic E-state index is -4.29. The molecule has 39 heavy (non-hydrogen) atoms. The van der Waals surface area contributed by atoms with Crippen LogP contribution in [0.25, 0.3) is 0 Å². The Bertz CT molecular complexity index is 1670. The molecule has 0 unspecified atom stereocenters. The van der Waals surface area contributed by atoms with E-state index in [1.54, 1.807) is 24.3 Å². The second-order valence-electron chi connectivity index (χ2n) is 8.22. The standard InChI is InChI=1S/C27H17Cl2FN2O5S2/c28-19-14-20(29)25(39(35,36)31-17-11-9-16(30)10-12-17)13-18(19)27(34)37-15-26(33)32-21-5-1-3-7-23(21)38-24-8-4-2-6-22(24)32/h1-14,31H,15H2. The van der Waals surface area contributed by atoms with Gasteiger partial charge in [-0.15, -0.1) is 0 Å². The van der Waals surface area contributed by atoms with Crippen LogP contribution < -0.4 is 9.62 Å². The van der Waals surface area contributed by atoms with Crippen molar-refractivity contribution in [3.05, 3.63) is 106 Å². The summed E-state index contributed by atoms with van der Waals surface area (Å²) in [6, 6.07) is 21.4. The van der Waals surface area contributed by atoms with E-state index in [9.17, 15) is 22.4 Å². The highest BCUT2D eigenvalue weighted by atomic mass is 35.5. The molecule has 1 aliphatic heterocycles. The van der Waals surface area contributed by atoms with Crippen LogP contribution in [0, 0.1) is 5.82 Å². The molecule has 1 aliphatic rings. The number of sulfonamides is 1. The third-order valence-corrected chi connectivity index (χ3v) is 8.92. The number of amides is 1. The number of ether oxygens (including phenoxy) is 1. The van der Waals surface area contributed by atoms with E-state index >= 15 is 0 Å². The highest BCUT2D eigenvalue weighted by Gasteiger charge is 2.29. The van der Waals surface area contributed by atoms with Gasteiger partial charge in [-0.3, -0.25) is 14.4 Å². The average Bonchev–Trinajstić information content (AvgIpc) is 2.91. The van der Waals surface area contributed by atoms with Gasteiger partial charge in [-0.2, -0.15) is 0 Å². The Labute approximate surface area is 237 Å². The molecular weight excluding hydrogens is 586 g/mol. The zero-order valence-electron chi connectivity index (χ0n) is 19.7. The summed E-state index contributed by atoms with van der Waals surface area (Å²) in [6.45, 7) is -0.638. The van der Waals surface area contributed by atoms with Gasteiger partial charge in [0.05, 0.1) is 27.0 Å². The molecule has 0 saturated heterocycles. The van der Waals surface area contributed by atoms with Crippen LogP contribution in [0.3, 0.4) is 0 Å². The number of rotatable bonds is 6. The zero-order valence-corrected chi connectivity index (χ0v) is 22.9. The first-order chi connectivity index (χ1) is 18.6. The summed E-state index contributed by atoms with van der Waals surface area (Å²) < 4.78 is 46.6. The fourth-order valence-corrected chi connectivity index (χ4v) is 6.83. The topological polar surface area (TPSA) is 92.8 Å². The van der Waals surface area contributed by atoms with Crippen molar-refractivity contribution in [3.63, 3.8) is 0 Å². The molecule has 5 rings (SSSR count). The predicted molar refractivity (Wildman–Crippen MR) is 148 cm³/mol. The lowest BCUT2D eigenvalue weighted by Gasteiger charge is -2.30. The van der Waals surface area contributed by atoms with E-state index in [4.69, 9.17) is 27.9 Å². The molecule has 12 heteroatoms. The number of hydrogen-bond donors (Lipinski definition) is 1. The Morgan fingerprint density at radius 3 is 2.08 bits per heavy atom. The monoisotopic (exact) mass is 602 g/mol. The van der Waals surface area contributed by atoms with E-state index < -0.39 is 39.2 Å². The summed E-state index contributed by atoms with van der Waals surface area (Å²) in [6.07, 6.45) is 0. The van der Waals surface area contributed by atoms with Gasteiger partial charge in [0.25, 0.3) is 15.9 Å². The molecule has 7 nitrogen and oxygen atoms in total. The predicted octanol–water partition coefficient (Wildman–Crippen LogP) is 6.92. The Morgan fingerprint density at radius 2 is 1.46 bits per heavy atom. The summed E-state index contributed by atoms with van der Waals surface area (Å²) in [5, 5.41) is -0.412. The van der Waals surface area contributed by atoms with Crippen molar-refractivity contribution in [2.24, 2.45) is 0 Å². The molecule has 0 aromatic heterocycles. The van der Waals surface area contributed by atoms with Crippen molar-refractivity contribution < 1.29 is 27.1 Å². The second kappa shape index (κ2) is 10.9. The minimum absolute atomic E-state index is 0.0809. The van der Waals surface area contributed by atoms with Crippen LogP contribution >= 0.6 is 35.0 Å². The van der Waals surface area contributed by atoms with Crippen molar-refractivity contribution in [2.75, 3.05) is 16.2 Å². The number of nitrogens with zero attached hydrogens (tertiary/aromatic N) is 1. The van der Waals surface area contributed by atoms with E-state index in [0.29, 0.717) is 11.4 Å². The first-order valence-corrected chi connectivity index (χ1v) is 14.3. The van der Waals surface area contributed by atoms with Gasteiger partial charge in [0, 0.05) is 15.5 Å². The molecule has 0 aliphatic carbocycles. The van der Waals surface area contributed by atoms with Crippen molar-refractivity contribution in [2.45, 2.75) is 14.7 Å². The summed E-state index contributed by atoms with van der Waals surface area (Å²) in [5.41, 5.74) is 1.07. The third kappa shape index (κ3) is 5.60. The van der Waals surface area contributed by atoms with Crippen LogP contribution in [0.5, 0.6) is 0 Å².